The van der Waals surface area contributed by atoms with Crippen LogP contribution in [0.4, 0.5) is 10.1 Å². The van der Waals surface area contributed by atoms with E-state index in [0.717, 1.165) is 22.8 Å². The van der Waals surface area contributed by atoms with E-state index in [4.69, 9.17) is 0 Å². The highest BCUT2D eigenvalue weighted by Gasteiger charge is 2.40. The topological polar surface area (TPSA) is 12.4 Å². The summed E-state index contributed by atoms with van der Waals surface area (Å²) in [6.07, 6.45) is 1.96. The maximum Gasteiger partial charge on any atom is 0.124 e. The Morgan fingerprint density at radius 3 is 2.86 bits per heavy atom. The van der Waals surface area contributed by atoms with Gasteiger partial charge in [-0.05, 0) is 18.2 Å². The van der Waals surface area contributed by atoms with Crippen LogP contribution in [0, 0.1) is 5.82 Å². The summed E-state index contributed by atoms with van der Waals surface area (Å²) in [5, 5.41) is 0. The molecule has 0 radical (unpaired) electrons. The minimum Gasteiger partial charge on any atom is -0.258 e. The van der Waals surface area contributed by atoms with Crippen molar-refractivity contribution >= 4 is 35.4 Å². The van der Waals surface area contributed by atoms with Crippen molar-refractivity contribution < 1.29 is 4.39 Å². The Hall–Kier alpha value is -0.480. The molecule has 0 unspecified atom stereocenters. The number of hydrogen-bond donors (Lipinski definition) is 0. The van der Waals surface area contributed by atoms with Crippen LogP contribution in [0.2, 0.25) is 0 Å². The van der Waals surface area contributed by atoms with Crippen LogP contribution in [0.15, 0.2) is 23.2 Å². The molecule has 2 aliphatic rings. The summed E-state index contributed by atoms with van der Waals surface area (Å²) in [5.74, 6) is 2.07. The smallest absolute Gasteiger partial charge is 0.124 e. The first-order valence-corrected chi connectivity index (χ1v) is 6.40. The maximum atomic E-state index is 13.1. The van der Waals surface area contributed by atoms with Crippen molar-refractivity contribution in [3.05, 3.63) is 29.6 Å². The van der Waals surface area contributed by atoms with Crippen molar-refractivity contribution in [2.75, 3.05) is 11.5 Å². The molecule has 3 rings (SSSR count). The summed E-state index contributed by atoms with van der Waals surface area (Å²) < 4.78 is 13.0. The average Bonchev–Trinajstić information content (AvgIpc) is 2.77. The lowest BCUT2D eigenvalue weighted by molar-refractivity contribution is 0.626. The lowest BCUT2D eigenvalue weighted by atomic mass is 10.1. The molecule has 0 saturated carbocycles. The van der Waals surface area contributed by atoms with Crippen LogP contribution in [0.3, 0.4) is 0 Å². The number of benzene rings is 1. The minimum atomic E-state index is -0.165. The molecular formula is C10H8FNS2. The highest BCUT2D eigenvalue weighted by molar-refractivity contribution is 8.21. The van der Waals surface area contributed by atoms with Crippen molar-refractivity contribution in [3.8, 4) is 0 Å². The van der Waals surface area contributed by atoms with E-state index in [1.165, 1.54) is 6.07 Å². The predicted octanol–water partition coefficient (Wildman–Crippen LogP) is 3.17. The van der Waals surface area contributed by atoms with Gasteiger partial charge in [-0.15, -0.1) is 23.5 Å². The molecule has 0 aliphatic carbocycles. The summed E-state index contributed by atoms with van der Waals surface area (Å²) in [6.45, 7) is 0. The molecule has 1 nitrogen and oxygen atoms in total. The van der Waals surface area contributed by atoms with E-state index in [9.17, 15) is 4.39 Å². The van der Waals surface area contributed by atoms with Gasteiger partial charge >= 0.3 is 0 Å². The van der Waals surface area contributed by atoms with Gasteiger partial charge in [-0.1, -0.05) is 0 Å². The van der Waals surface area contributed by atoms with E-state index in [1.807, 2.05) is 29.7 Å². The second-order valence-corrected chi connectivity index (χ2v) is 6.22. The third kappa shape index (κ3) is 1.13. The van der Waals surface area contributed by atoms with Crippen molar-refractivity contribution in [1.82, 2.24) is 0 Å². The zero-order chi connectivity index (χ0) is 9.60. The van der Waals surface area contributed by atoms with Crippen LogP contribution in [0.25, 0.3) is 0 Å². The summed E-state index contributed by atoms with van der Waals surface area (Å²) in [7, 11) is 0. The fourth-order valence-electron chi connectivity index (χ4n) is 1.78. The number of rotatable bonds is 0. The van der Waals surface area contributed by atoms with Crippen molar-refractivity contribution in [2.24, 2.45) is 4.99 Å². The third-order valence-electron chi connectivity index (χ3n) is 2.42. The van der Waals surface area contributed by atoms with Crippen LogP contribution in [-0.4, -0.2) is 17.7 Å². The molecule has 72 valence electrons. The molecular weight excluding hydrogens is 217 g/mol. The normalized spacial score (nSPS) is 21.8. The summed E-state index contributed by atoms with van der Waals surface area (Å²) >= 11 is 3.70. The monoisotopic (exact) mass is 225 g/mol. The fraction of sp³-hybridized carbons (Fsp3) is 0.300. The Balaban J connectivity index is 2.16. The summed E-state index contributed by atoms with van der Waals surface area (Å²) in [5.41, 5.74) is 1.96. The van der Waals surface area contributed by atoms with Crippen LogP contribution >= 0.6 is 23.5 Å². The van der Waals surface area contributed by atoms with Gasteiger partial charge in [0.15, 0.2) is 0 Å². The summed E-state index contributed by atoms with van der Waals surface area (Å²) in [4.78, 5) is 4.34. The van der Waals surface area contributed by atoms with Gasteiger partial charge in [0.2, 0.25) is 0 Å². The quantitative estimate of drug-likeness (QED) is 0.672. The zero-order valence-corrected chi connectivity index (χ0v) is 9.00. The molecule has 0 amide bonds. The first kappa shape index (κ1) is 8.80. The fourth-order valence-corrected chi connectivity index (χ4v) is 4.78. The van der Waals surface area contributed by atoms with Crippen molar-refractivity contribution in [1.29, 1.82) is 0 Å². The molecule has 1 aromatic rings. The second-order valence-electron chi connectivity index (χ2n) is 3.28. The van der Waals surface area contributed by atoms with E-state index < -0.39 is 0 Å². The number of hydrogen-bond acceptors (Lipinski definition) is 3. The van der Waals surface area contributed by atoms with Gasteiger partial charge in [0.1, 0.15) is 9.90 Å². The number of fused-ring (bicyclic) bond motifs is 2. The van der Waals surface area contributed by atoms with E-state index in [2.05, 4.69) is 4.99 Å². The number of thioether (sulfide) groups is 2. The van der Waals surface area contributed by atoms with E-state index in [0.29, 0.717) is 0 Å². The lowest BCUT2D eigenvalue weighted by Gasteiger charge is -2.18. The SMILES string of the molecule is Fc1ccc2c(c1)C1(C=N2)SCCS1. The van der Waals surface area contributed by atoms with Gasteiger partial charge in [-0.25, -0.2) is 4.39 Å². The van der Waals surface area contributed by atoms with Crippen molar-refractivity contribution in [3.63, 3.8) is 0 Å². The highest BCUT2D eigenvalue weighted by atomic mass is 32.2. The lowest BCUT2D eigenvalue weighted by Crippen LogP contribution is -2.12. The summed E-state index contributed by atoms with van der Waals surface area (Å²) in [6, 6.07) is 4.85. The molecule has 14 heavy (non-hydrogen) atoms. The van der Waals surface area contributed by atoms with Gasteiger partial charge in [0.25, 0.3) is 0 Å². The van der Waals surface area contributed by atoms with Crippen molar-refractivity contribution in [2.45, 2.75) is 4.08 Å². The van der Waals surface area contributed by atoms with E-state index in [-0.39, 0.29) is 9.90 Å². The third-order valence-corrected chi connectivity index (χ3v) is 5.71. The Morgan fingerprint density at radius 1 is 1.29 bits per heavy atom. The van der Waals surface area contributed by atoms with Gasteiger partial charge < -0.3 is 0 Å². The van der Waals surface area contributed by atoms with E-state index >= 15 is 0 Å². The molecule has 0 aromatic heterocycles. The molecule has 1 aromatic carbocycles. The second kappa shape index (κ2) is 3.00. The van der Waals surface area contributed by atoms with Crippen LogP contribution in [-0.2, 0) is 4.08 Å². The molecule has 0 N–H and O–H groups in total. The molecule has 1 saturated heterocycles. The molecule has 0 atom stereocenters. The highest BCUT2D eigenvalue weighted by Crippen LogP contribution is 2.55. The molecule has 2 heterocycles. The van der Waals surface area contributed by atoms with Crippen LogP contribution in [0.5, 0.6) is 0 Å². The van der Waals surface area contributed by atoms with Crippen LogP contribution in [0.1, 0.15) is 5.56 Å². The van der Waals surface area contributed by atoms with Gasteiger partial charge in [-0.3, -0.25) is 4.99 Å². The largest absolute Gasteiger partial charge is 0.258 e. The Kier molecular flexibility index (Phi) is 1.89. The Morgan fingerprint density at radius 2 is 2.07 bits per heavy atom. The molecule has 4 heteroatoms. The first-order valence-electron chi connectivity index (χ1n) is 4.43. The number of halogens is 1. The average molecular weight is 225 g/mol. The molecule has 0 bridgehead atoms. The maximum absolute atomic E-state index is 13.1. The molecule has 1 fully saturated rings. The number of nitrogens with zero attached hydrogens (tertiary/aromatic N) is 1. The van der Waals surface area contributed by atoms with Gasteiger partial charge in [-0.2, -0.15) is 0 Å². The molecule has 2 aliphatic heterocycles. The molecule has 1 spiro atoms. The predicted molar refractivity (Wildman–Crippen MR) is 61.1 cm³/mol. The Labute approximate surface area is 90.2 Å². The van der Waals surface area contributed by atoms with Gasteiger partial charge in [0.05, 0.1) is 5.69 Å². The van der Waals surface area contributed by atoms with E-state index in [1.54, 1.807) is 12.1 Å². The van der Waals surface area contributed by atoms with Crippen LogP contribution < -0.4 is 0 Å². The first-order chi connectivity index (χ1) is 6.80. The van der Waals surface area contributed by atoms with Gasteiger partial charge in [0, 0.05) is 23.3 Å². The Bertz CT molecular complexity index is 411. The standard InChI is InChI=1S/C10H8FNS2/c11-7-1-2-9-8(5-7)10(6-12-9)13-3-4-14-10/h1-2,5-6H,3-4H2. The number of aliphatic imine (C=N–C) groups is 1. The minimum absolute atomic E-state index is 0.0859. The zero-order valence-electron chi connectivity index (χ0n) is 7.37.